The van der Waals surface area contributed by atoms with Gasteiger partial charge in [-0.05, 0) is 30.5 Å². The molecule has 5 nitrogen and oxygen atoms in total. The molecule has 3 N–H and O–H groups in total. The summed E-state index contributed by atoms with van der Waals surface area (Å²) in [5, 5.41) is 20.8. The van der Waals surface area contributed by atoms with Crippen LogP contribution in [0.5, 0.6) is 0 Å². The number of rotatable bonds is 8. The van der Waals surface area contributed by atoms with Crippen LogP contribution in [0.4, 0.5) is 0 Å². The van der Waals surface area contributed by atoms with E-state index in [2.05, 4.69) is 5.32 Å². The Morgan fingerprint density at radius 3 is 2.63 bits per heavy atom. The lowest BCUT2D eigenvalue weighted by Crippen LogP contribution is -2.28. The lowest BCUT2D eigenvalue weighted by atomic mass is 10.1. The molecule has 0 aromatic heterocycles. The van der Waals surface area contributed by atoms with Gasteiger partial charge in [0.05, 0.1) is 5.56 Å². The minimum absolute atomic E-state index is 0.129. The van der Waals surface area contributed by atoms with Crippen LogP contribution in [-0.2, 0) is 11.3 Å². The summed E-state index contributed by atoms with van der Waals surface area (Å²) in [7, 11) is 0. The van der Waals surface area contributed by atoms with Crippen molar-refractivity contribution in [2.24, 2.45) is 0 Å². The smallest absolute Gasteiger partial charge is 0.335 e. The quantitative estimate of drug-likeness (QED) is 0.670. The minimum Gasteiger partial charge on any atom is -0.481 e. The predicted molar refractivity (Wildman–Crippen MR) is 71.2 cm³/mol. The molecule has 0 aliphatic heterocycles. The molecule has 0 radical (unpaired) electrons. The molecule has 1 aromatic carbocycles. The second-order valence-corrected chi connectivity index (χ2v) is 4.42. The lowest BCUT2D eigenvalue weighted by Gasteiger charge is -2.16. The fourth-order valence-electron chi connectivity index (χ4n) is 1.82. The average Bonchev–Trinajstić information content (AvgIpc) is 2.39. The Kier molecular flexibility index (Phi) is 6.02. The Morgan fingerprint density at radius 2 is 2.05 bits per heavy atom. The molecule has 0 aliphatic rings. The van der Waals surface area contributed by atoms with Gasteiger partial charge in [-0.15, -0.1) is 0 Å². The number of nitrogens with one attached hydrogen (secondary N) is 1. The van der Waals surface area contributed by atoms with Gasteiger partial charge in [0.1, 0.15) is 0 Å². The predicted octanol–water partition coefficient (Wildman–Crippen LogP) is 2.12. The highest BCUT2D eigenvalue weighted by Gasteiger charge is 2.09. The van der Waals surface area contributed by atoms with Crippen molar-refractivity contribution in [3.8, 4) is 0 Å². The van der Waals surface area contributed by atoms with Crippen LogP contribution in [0, 0.1) is 0 Å². The average molecular weight is 265 g/mol. The highest BCUT2D eigenvalue weighted by atomic mass is 16.4. The molecule has 0 saturated carbocycles. The van der Waals surface area contributed by atoms with E-state index < -0.39 is 11.9 Å². The van der Waals surface area contributed by atoms with Crippen molar-refractivity contribution in [3.63, 3.8) is 0 Å². The van der Waals surface area contributed by atoms with Crippen molar-refractivity contribution in [2.75, 3.05) is 0 Å². The van der Waals surface area contributed by atoms with E-state index >= 15 is 0 Å². The summed E-state index contributed by atoms with van der Waals surface area (Å²) in [5.41, 5.74) is 1.14. The number of hydrogen-bond acceptors (Lipinski definition) is 3. The molecule has 1 rings (SSSR count). The van der Waals surface area contributed by atoms with E-state index in [-0.39, 0.29) is 18.0 Å². The van der Waals surface area contributed by atoms with E-state index in [1.54, 1.807) is 18.2 Å². The highest BCUT2D eigenvalue weighted by Crippen LogP contribution is 2.07. The third-order valence-electron chi connectivity index (χ3n) is 2.97. The van der Waals surface area contributed by atoms with E-state index in [1.807, 2.05) is 13.0 Å². The molecule has 0 heterocycles. The van der Waals surface area contributed by atoms with Crippen LogP contribution in [0.25, 0.3) is 0 Å². The first-order valence-corrected chi connectivity index (χ1v) is 6.30. The van der Waals surface area contributed by atoms with Gasteiger partial charge in [-0.3, -0.25) is 4.79 Å². The third kappa shape index (κ3) is 5.52. The van der Waals surface area contributed by atoms with E-state index in [9.17, 15) is 9.59 Å². The van der Waals surface area contributed by atoms with Crippen LogP contribution >= 0.6 is 0 Å². The summed E-state index contributed by atoms with van der Waals surface area (Å²) < 4.78 is 0. The van der Waals surface area contributed by atoms with Gasteiger partial charge in [-0.1, -0.05) is 19.1 Å². The number of carbonyl (C=O) groups is 2. The van der Waals surface area contributed by atoms with Gasteiger partial charge in [0.25, 0.3) is 0 Å². The molecule has 0 bridgehead atoms. The normalized spacial score (nSPS) is 12.1. The Balaban J connectivity index is 2.52. The number of carboxylic acids is 2. The van der Waals surface area contributed by atoms with Crippen LogP contribution < -0.4 is 5.32 Å². The van der Waals surface area contributed by atoms with Crippen LogP contribution in [0.2, 0.25) is 0 Å². The van der Waals surface area contributed by atoms with Crippen LogP contribution in [0.15, 0.2) is 24.3 Å². The molecule has 0 amide bonds. The molecule has 1 aromatic rings. The second kappa shape index (κ2) is 7.53. The Hall–Kier alpha value is -1.88. The first-order chi connectivity index (χ1) is 9.02. The SMILES string of the molecule is CCC(CCC(=O)O)NCc1cccc(C(=O)O)c1. The molecule has 0 saturated heterocycles. The zero-order valence-corrected chi connectivity index (χ0v) is 10.9. The number of aromatic carboxylic acids is 1. The topological polar surface area (TPSA) is 86.6 Å². The molecule has 0 fully saturated rings. The van der Waals surface area contributed by atoms with Crippen molar-refractivity contribution in [2.45, 2.75) is 38.8 Å². The molecular formula is C14H19NO4. The summed E-state index contributed by atoms with van der Waals surface area (Å²) >= 11 is 0. The van der Waals surface area contributed by atoms with Crippen LogP contribution in [0.1, 0.15) is 42.1 Å². The minimum atomic E-state index is -0.945. The van der Waals surface area contributed by atoms with Crippen molar-refractivity contribution < 1.29 is 19.8 Å². The van der Waals surface area contributed by atoms with E-state index in [0.717, 1.165) is 12.0 Å². The summed E-state index contributed by atoms with van der Waals surface area (Å²) in [6.45, 7) is 2.53. The number of benzene rings is 1. The molecule has 5 heteroatoms. The van der Waals surface area contributed by atoms with Crippen molar-refractivity contribution in [1.29, 1.82) is 0 Å². The maximum atomic E-state index is 10.8. The van der Waals surface area contributed by atoms with Crippen molar-refractivity contribution >= 4 is 11.9 Å². The number of hydrogen-bond donors (Lipinski definition) is 3. The highest BCUT2D eigenvalue weighted by molar-refractivity contribution is 5.87. The summed E-state index contributed by atoms with van der Waals surface area (Å²) in [6, 6.07) is 6.86. The van der Waals surface area contributed by atoms with Crippen LogP contribution in [0.3, 0.4) is 0 Å². The van der Waals surface area contributed by atoms with Gasteiger partial charge in [0.2, 0.25) is 0 Å². The summed E-state index contributed by atoms with van der Waals surface area (Å²) in [4.78, 5) is 21.4. The number of aliphatic carboxylic acids is 1. The Bertz CT molecular complexity index is 445. The van der Waals surface area contributed by atoms with Crippen LogP contribution in [-0.4, -0.2) is 28.2 Å². The second-order valence-electron chi connectivity index (χ2n) is 4.42. The fourth-order valence-corrected chi connectivity index (χ4v) is 1.82. The Labute approximate surface area is 112 Å². The van der Waals surface area contributed by atoms with Gasteiger partial charge >= 0.3 is 11.9 Å². The van der Waals surface area contributed by atoms with Crippen molar-refractivity contribution in [3.05, 3.63) is 35.4 Å². The monoisotopic (exact) mass is 265 g/mol. The zero-order chi connectivity index (χ0) is 14.3. The molecule has 1 unspecified atom stereocenters. The molecule has 0 aliphatic carbocycles. The first kappa shape index (κ1) is 15.2. The summed E-state index contributed by atoms with van der Waals surface area (Å²) in [5.74, 6) is -1.74. The molecule has 104 valence electrons. The first-order valence-electron chi connectivity index (χ1n) is 6.30. The maximum absolute atomic E-state index is 10.8. The molecular weight excluding hydrogens is 246 g/mol. The molecule has 1 atom stereocenters. The zero-order valence-electron chi connectivity index (χ0n) is 10.9. The van der Waals surface area contributed by atoms with E-state index in [4.69, 9.17) is 10.2 Å². The molecule has 0 spiro atoms. The van der Waals surface area contributed by atoms with E-state index in [1.165, 1.54) is 0 Å². The van der Waals surface area contributed by atoms with Crippen molar-refractivity contribution in [1.82, 2.24) is 5.32 Å². The third-order valence-corrected chi connectivity index (χ3v) is 2.97. The fraction of sp³-hybridized carbons (Fsp3) is 0.429. The largest absolute Gasteiger partial charge is 0.481 e. The van der Waals surface area contributed by atoms with Gasteiger partial charge < -0.3 is 15.5 Å². The van der Waals surface area contributed by atoms with Gasteiger partial charge in [0, 0.05) is 19.0 Å². The summed E-state index contributed by atoms with van der Waals surface area (Å²) in [6.07, 6.45) is 1.55. The molecule has 19 heavy (non-hydrogen) atoms. The number of carboxylic acid groups (broad SMARTS) is 2. The maximum Gasteiger partial charge on any atom is 0.335 e. The van der Waals surface area contributed by atoms with Gasteiger partial charge in [-0.2, -0.15) is 0 Å². The van der Waals surface area contributed by atoms with E-state index in [0.29, 0.717) is 13.0 Å². The lowest BCUT2D eigenvalue weighted by molar-refractivity contribution is -0.137. The van der Waals surface area contributed by atoms with Gasteiger partial charge in [-0.25, -0.2) is 4.79 Å². The standard InChI is InChI=1S/C14H19NO4/c1-2-12(6-7-13(16)17)15-9-10-4-3-5-11(8-10)14(18)19/h3-5,8,12,15H,2,6-7,9H2,1H3,(H,16,17)(H,18,19). The van der Waals surface area contributed by atoms with Gasteiger partial charge in [0.15, 0.2) is 0 Å². The Morgan fingerprint density at radius 1 is 1.32 bits per heavy atom.